The third-order valence-corrected chi connectivity index (χ3v) is 4.59. The van der Waals surface area contributed by atoms with Gasteiger partial charge in [0.25, 0.3) is 5.89 Å². The van der Waals surface area contributed by atoms with Crippen molar-refractivity contribution < 1.29 is 14.3 Å². The smallest absolute Gasteiger partial charge is 0.336 e. The van der Waals surface area contributed by atoms with E-state index in [2.05, 4.69) is 10.2 Å². The Morgan fingerprint density at radius 2 is 2.00 bits per heavy atom. The predicted octanol–water partition coefficient (Wildman–Crippen LogP) is 4.13. The lowest BCUT2D eigenvalue weighted by Gasteiger charge is -2.00. The van der Waals surface area contributed by atoms with Crippen LogP contribution in [0.1, 0.15) is 15.9 Å². The van der Waals surface area contributed by atoms with Gasteiger partial charge in [0, 0.05) is 0 Å². The summed E-state index contributed by atoms with van der Waals surface area (Å²) in [6.45, 7) is 1.89. The summed E-state index contributed by atoms with van der Waals surface area (Å²) in [5.41, 5.74) is 1.43. The van der Waals surface area contributed by atoms with Crippen LogP contribution in [0.3, 0.4) is 0 Å². The van der Waals surface area contributed by atoms with Crippen LogP contribution in [0.5, 0.6) is 0 Å². The molecule has 0 amide bonds. The van der Waals surface area contributed by atoms with Gasteiger partial charge in [-0.25, -0.2) is 4.79 Å². The van der Waals surface area contributed by atoms with Crippen molar-refractivity contribution in [1.29, 1.82) is 0 Å². The van der Waals surface area contributed by atoms with Gasteiger partial charge >= 0.3 is 5.97 Å². The van der Waals surface area contributed by atoms with E-state index in [0.29, 0.717) is 15.5 Å². The number of aromatic carboxylic acids is 1. The van der Waals surface area contributed by atoms with Gasteiger partial charge in [-0.05, 0) is 30.0 Å². The van der Waals surface area contributed by atoms with E-state index in [1.165, 1.54) is 17.4 Å². The second-order valence-electron chi connectivity index (χ2n) is 4.32. The molecule has 2 aromatic heterocycles. The molecule has 0 unspecified atom stereocenters. The zero-order valence-electron chi connectivity index (χ0n) is 10.8. The van der Waals surface area contributed by atoms with Crippen LogP contribution in [0.15, 0.2) is 34.1 Å². The average Bonchev–Trinajstić information content (AvgIpc) is 3.07. The molecule has 5 nitrogen and oxygen atoms in total. The first-order valence-electron chi connectivity index (χ1n) is 5.98. The highest BCUT2D eigenvalue weighted by Crippen LogP contribution is 2.36. The second kappa shape index (κ2) is 5.31. The lowest BCUT2D eigenvalue weighted by molar-refractivity contribution is 0.0697. The van der Waals surface area contributed by atoms with Crippen molar-refractivity contribution in [3.63, 3.8) is 0 Å². The van der Waals surface area contributed by atoms with Crippen molar-refractivity contribution in [2.45, 2.75) is 6.92 Å². The van der Waals surface area contributed by atoms with Gasteiger partial charge in [-0.2, -0.15) is 0 Å². The first-order chi connectivity index (χ1) is 10.1. The van der Waals surface area contributed by atoms with Gasteiger partial charge in [0.2, 0.25) is 5.89 Å². The molecular weight excluding hydrogens is 312 g/mol. The molecule has 0 fully saturated rings. The van der Waals surface area contributed by atoms with Crippen molar-refractivity contribution in [1.82, 2.24) is 10.2 Å². The molecule has 0 radical (unpaired) electrons. The number of hydrogen-bond acceptors (Lipinski definition) is 5. The minimum absolute atomic E-state index is 0.112. The summed E-state index contributed by atoms with van der Waals surface area (Å²) in [4.78, 5) is 11.9. The lowest BCUT2D eigenvalue weighted by atomic mass is 10.1. The molecule has 0 atom stereocenters. The minimum Gasteiger partial charge on any atom is -0.478 e. The molecule has 0 aliphatic carbocycles. The first-order valence-corrected chi connectivity index (χ1v) is 7.24. The number of carboxylic acid groups (broad SMARTS) is 1. The molecule has 0 saturated carbocycles. The Bertz CT molecular complexity index is 825. The quantitative estimate of drug-likeness (QED) is 0.785. The molecule has 0 aliphatic rings. The number of carboxylic acids is 1. The maximum Gasteiger partial charge on any atom is 0.336 e. The normalized spacial score (nSPS) is 10.8. The van der Waals surface area contributed by atoms with Crippen LogP contribution < -0.4 is 0 Å². The van der Waals surface area contributed by atoms with E-state index in [-0.39, 0.29) is 17.3 Å². The SMILES string of the molecule is Cc1csc(-c2nnc(-c3ccccc3C(=O)O)o2)c1Cl. The van der Waals surface area contributed by atoms with Crippen LogP contribution >= 0.6 is 22.9 Å². The molecule has 2 heterocycles. The van der Waals surface area contributed by atoms with Crippen LogP contribution in [0.25, 0.3) is 22.2 Å². The molecule has 21 heavy (non-hydrogen) atoms. The maximum atomic E-state index is 11.2. The molecule has 0 bridgehead atoms. The number of carbonyl (C=O) groups is 1. The fourth-order valence-electron chi connectivity index (χ4n) is 1.85. The first kappa shape index (κ1) is 13.8. The Kier molecular flexibility index (Phi) is 3.48. The fraction of sp³-hybridized carbons (Fsp3) is 0.0714. The molecule has 0 aliphatic heterocycles. The zero-order chi connectivity index (χ0) is 15.0. The topological polar surface area (TPSA) is 76.2 Å². The highest BCUT2D eigenvalue weighted by atomic mass is 35.5. The highest BCUT2D eigenvalue weighted by Gasteiger charge is 2.19. The Balaban J connectivity index is 2.07. The molecule has 0 spiro atoms. The lowest BCUT2D eigenvalue weighted by Crippen LogP contribution is -1.98. The summed E-state index contributed by atoms with van der Waals surface area (Å²) in [5, 5.41) is 19.5. The van der Waals surface area contributed by atoms with Gasteiger partial charge in [-0.1, -0.05) is 23.7 Å². The van der Waals surface area contributed by atoms with Gasteiger partial charge in [0.15, 0.2) is 0 Å². The molecule has 3 rings (SSSR count). The summed E-state index contributed by atoms with van der Waals surface area (Å²) >= 11 is 7.57. The highest BCUT2D eigenvalue weighted by molar-refractivity contribution is 7.14. The molecular formula is C14H9ClN2O3S. The van der Waals surface area contributed by atoms with E-state index < -0.39 is 5.97 Å². The van der Waals surface area contributed by atoms with E-state index >= 15 is 0 Å². The van der Waals surface area contributed by atoms with Crippen molar-refractivity contribution in [2.24, 2.45) is 0 Å². The Hall–Kier alpha value is -2.18. The van der Waals surface area contributed by atoms with Gasteiger partial charge in [0.05, 0.1) is 16.1 Å². The van der Waals surface area contributed by atoms with Gasteiger partial charge in [-0.15, -0.1) is 21.5 Å². The number of aryl methyl sites for hydroxylation is 1. The van der Waals surface area contributed by atoms with Crippen LogP contribution in [0.4, 0.5) is 0 Å². The largest absolute Gasteiger partial charge is 0.478 e. The van der Waals surface area contributed by atoms with E-state index in [4.69, 9.17) is 16.0 Å². The summed E-state index contributed by atoms with van der Waals surface area (Å²) in [7, 11) is 0. The number of halogens is 1. The van der Waals surface area contributed by atoms with E-state index in [9.17, 15) is 9.90 Å². The van der Waals surface area contributed by atoms with Crippen LogP contribution in [0.2, 0.25) is 5.02 Å². The molecule has 106 valence electrons. The Morgan fingerprint density at radius 3 is 2.67 bits per heavy atom. The van der Waals surface area contributed by atoms with Crippen molar-refractivity contribution in [3.8, 4) is 22.2 Å². The van der Waals surface area contributed by atoms with Crippen molar-refractivity contribution >= 4 is 28.9 Å². The molecule has 0 saturated heterocycles. The van der Waals surface area contributed by atoms with Gasteiger partial charge in [-0.3, -0.25) is 0 Å². The van der Waals surface area contributed by atoms with E-state index in [1.807, 2.05) is 12.3 Å². The third kappa shape index (κ3) is 2.43. The maximum absolute atomic E-state index is 11.2. The van der Waals surface area contributed by atoms with E-state index in [1.54, 1.807) is 18.2 Å². The van der Waals surface area contributed by atoms with Crippen molar-refractivity contribution in [3.05, 3.63) is 45.8 Å². The number of rotatable bonds is 3. The molecule has 7 heteroatoms. The van der Waals surface area contributed by atoms with Crippen LogP contribution in [-0.4, -0.2) is 21.3 Å². The minimum atomic E-state index is -1.05. The number of thiophene rings is 1. The zero-order valence-corrected chi connectivity index (χ0v) is 12.4. The standard InChI is InChI=1S/C14H9ClN2O3S/c1-7-6-21-11(10(7)15)13-17-16-12(20-13)8-4-2-3-5-9(8)14(18)19/h2-6H,1H3,(H,18,19). The van der Waals surface area contributed by atoms with Crippen LogP contribution in [0, 0.1) is 6.92 Å². The predicted molar refractivity (Wildman–Crippen MR) is 79.8 cm³/mol. The van der Waals surface area contributed by atoms with Gasteiger partial charge in [0.1, 0.15) is 4.88 Å². The Morgan fingerprint density at radius 1 is 1.29 bits per heavy atom. The number of nitrogens with zero attached hydrogens (tertiary/aromatic N) is 2. The molecule has 3 aromatic rings. The third-order valence-electron chi connectivity index (χ3n) is 2.91. The van der Waals surface area contributed by atoms with E-state index in [0.717, 1.165) is 5.56 Å². The summed E-state index contributed by atoms with van der Waals surface area (Å²) in [6.07, 6.45) is 0. The second-order valence-corrected chi connectivity index (χ2v) is 5.58. The monoisotopic (exact) mass is 320 g/mol. The fourth-order valence-corrected chi connectivity index (χ4v) is 3.05. The Labute approximate surface area is 128 Å². The number of aromatic nitrogens is 2. The summed E-state index contributed by atoms with van der Waals surface area (Å²) in [6, 6.07) is 6.48. The summed E-state index contributed by atoms with van der Waals surface area (Å²) < 4.78 is 5.58. The van der Waals surface area contributed by atoms with Crippen LogP contribution in [-0.2, 0) is 0 Å². The van der Waals surface area contributed by atoms with Gasteiger partial charge < -0.3 is 9.52 Å². The molecule has 1 aromatic carbocycles. The number of benzene rings is 1. The average molecular weight is 321 g/mol. The summed E-state index contributed by atoms with van der Waals surface area (Å²) in [5.74, 6) is -0.603. The number of hydrogen-bond donors (Lipinski definition) is 1. The molecule has 1 N–H and O–H groups in total. The van der Waals surface area contributed by atoms with Crippen molar-refractivity contribution in [2.75, 3.05) is 0 Å².